The SMILES string of the molecule is NC(CCC(CC1CCCCC1)SC(F)(F)F)C(F)(F)C(=O)NCc1ccc2c(c1)CN(C1CCC(=O)NC1=O)C2=O. The molecule has 1 aromatic carbocycles. The van der Waals surface area contributed by atoms with Crippen LogP contribution in [0, 0.1) is 5.92 Å². The maximum Gasteiger partial charge on any atom is 0.442 e. The van der Waals surface area contributed by atoms with E-state index in [1.165, 1.54) is 17.0 Å². The first-order valence-electron chi connectivity index (χ1n) is 14.2. The normalized spacial score (nSPS) is 21.6. The molecule has 1 saturated carbocycles. The summed E-state index contributed by atoms with van der Waals surface area (Å²) in [5, 5.41) is 3.45. The van der Waals surface area contributed by atoms with Gasteiger partial charge in [0.25, 0.3) is 11.8 Å². The summed E-state index contributed by atoms with van der Waals surface area (Å²) in [6.07, 6.45) is 4.53. The summed E-state index contributed by atoms with van der Waals surface area (Å²) in [6.45, 7) is -0.212. The van der Waals surface area contributed by atoms with Crippen molar-refractivity contribution in [3.05, 3.63) is 34.9 Å². The molecule has 2 fully saturated rings. The molecule has 42 heavy (non-hydrogen) atoms. The van der Waals surface area contributed by atoms with Gasteiger partial charge in [-0.2, -0.15) is 22.0 Å². The van der Waals surface area contributed by atoms with Crippen LogP contribution in [0.15, 0.2) is 18.2 Å². The highest BCUT2D eigenvalue weighted by atomic mass is 32.2. The van der Waals surface area contributed by atoms with E-state index in [1.807, 2.05) is 0 Å². The molecule has 3 aliphatic rings. The molecule has 4 N–H and O–H groups in total. The minimum Gasteiger partial charge on any atom is -0.347 e. The molecular weight excluding hydrogens is 583 g/mol. The second-order valence-corrected chi connectivity index (χ2v) is 12.7. The van der Waals surface area contributed by atoms with Crippen LogP contribution in [0.5, 0.6) is 0 Å². The van der Waals surface area contributed by atoms with Crippen molar-refractivity contribution in [2.45, 2.75) is 106 Å². The summed E-state index contributed by atoms with van der Waals surface area (Å²) in [5.41, 5.74) is 2.48. The zero-order valence-corrected chi connectivity index (χ0v) is 23.8. The fraction of sp³-hybridized carbons (Fsp3) is 0.643. The van der Waals surface area contributed by atoms with Crippen LogP contribution in [0.3, 0.4) is 0 Å². The van der Waals surface area contributed by atoms with Crippen molar-refractivity contribution in [3.8, 4) is 0 Å². The molecule has 14 heteroatoms. The molecule has 0 radical (unpaired) electrons. The number of carbonyl (C=O) groups is 4. The van der Waals surface area contributed by atoms with Crippen molar-refractivity contribution in [2.75, 3.05) is 0 Å². The molecular formula is C28H35F5N4O4S. The highest BCUT2D eigenvalue weighted by Gasteiger charge is 2.46. The third-order valence-electron chi connectivity index (χ3n) is 8.23. The minimum atomic E-state index is -4.50. The number of amides is 4. The van der Waals surface area contributed by atoms with E-state index in [4.69, 9.17) is 5.73 Å². The Morgan fingerprint density at radius 1 is 1.07 bits per heavy atom. The molecule has 0 spiro atoms. The number of hydrogen-bond donors (Lipinski definition) is 3. The van der Waals surface area contributed by atoms with Crippen molar-refractivity contribution in [2.24, 2.45) is 11.7 Å². The van der Waals surface area contributed by atoms with Crippen molar-refractivity contribution in [3.63, 3.8) is 0 Å². The molecule has 2 aliphatic heterocycles. The second-order valence-electron chi connectivity index (χ2n) is 11.3. The summed E-state index contributed by atoms with van der Waals surface area (Å²) in [5.74, 6) is -6.88. The number of rotatable bonds is 11. The number of nitrogens with one attached hydrogen (secondary N) is 2. The number of thioether (sulfide) groups is 1. The molecule has 8 nitrogen and oxygen atoms in total. The largest absolute Gasteiger partial charge is 0.442 e. The Balaban J connectivity index is 1.31. The Morgan fingerprint density at radius 3 is 2.45 bits per heavy atom. The number of hydrogen-bond acceptors (Lipinski definition) is 6. The predicted molar refractivity (Wildman–Crippen MR) is 145 cm³/mol. The Morgan fingerprint density at radius 2 is 1.79 bits per heavy atom. The second kappa shape index (κ2) is 13.3. The number of nitrogens with two attached hydrogens (primary N) is 1. The van der Waals surface area contributed by atoms with Gasteiger partial charge in [-0.05, 0) is 60.6 Å². The fourth-order valence-electron chi connectivity index (χ4n) is 5.96. The van der Waals surface area contributed by atoms with Gasteiger partial charge >= 0.3 is 11.4 Å². The zero-order chi connectivity index (χ0) is 30.7. The molecule has 4 amide bonds. The van der Waals surface area contributed by atoms with Crippen LogP contribution in [0.2, 0.25) is 0 Å². The van der Waals surface area contributed by atoms with E-state index in [0.717, 1.165) is 32.1 Å². The van der Waals surface area contributed by atoms with E-state index in [-0.39, 0.29) is 56.5 Å². The van der Waals surface area contributed by atoms with Crippen LogP contribution in [-0.2, 0) is 27.5 Å². The van der Waals surface area contributed by atoms with Crippen LogP contribution >= 0.6 is 11.8 Å². The lowest BCUT2D eigenvalue weighted by Crippen LogP contribution is -2.52. The van der Waals surface area contributed by atoms with Crippen molar-refractivity contribution in [1.29, 1.82) is 0 Å². The number of piperidine rings is 1. The number of halogens is 5. The lowest BCUT2D eigenvalue weighted by atomic mass is 9.85. The fourth-order valence-corrected chi connectivity index (χ4v) is 6.96. The smallest absolute Gasteiger partial charge is 0.347 e. The molecule has 4 rings (SSSR count). The monoisotopic (exact) mass is 618 g/mol. The van der Waals surface area contributed by atoms with Gasteiger partial charge in [-0.1, -0.05) is 44.2 Å². The van der Waals surface area contributed by atoms with Gasteiger partial charge in [0.05, 0.1) is 6.04 Å². The summed E-state index contributed by atoms with van der Waals surface area (Å²) in [4.78, 5) is 50.2. The first kappa shape index (κ1) is 32.2. The van der Waals surface area contributed by atoms with Crippen LogP contribution in [-0.4, -0.2) is 57.3 Å². The lowest BCUT2D eigenvalue weighted by molar-refractivity contribution is -0.149. The number of imide groups is 1. The molecule has 0 bridgehead atoms. The minimum absolute atomic E-state index is 0.0845. The molecule has 1 aliphatic carbocycles. The van der Waals surface area contributed by atoms with E-state index in [1.54, 1.807) is 6.07 Å². The van der Waals surface area contributed by atoms with E-state index < -0.39 is 58.8 Å². The standard InChI is InChI=1S/C28H35F5N4O4S/c29-27(30,22(34)10-7-19(42-28(31,32)33)13-16-4-2-1-3-5-16)26(41)35-14-17-6-8-20-18(12-17)15-37(25(20)40)21-9-11-23(38)36-24(21)39/h6,8,12,16,19,21-22H,1-5,7,9-11,13-15,34H2,(H,35,41)(H,36,38,39). The van der Waals surface area contributed by atoms with Crippen molar-refractivity contribution in [1.82, 2.24) is 15.5 Å². The molecule has 232 valence electrons. The van der Waals surface area contributed by atoms with Gasteiger partial charge < -0.3 is 16.0 Å². The predicted octanol–water partition coefficient (Wildman–Crippen LogP) is 4.40. The number of benzene rings is 1. The number of nitrogens with zero attached hydrogens (tertiary/aromatic N) is 1. The topological polar surface area (TPSA) is 122 Å². The Hall–Kier alpha value is -2.74. The maximum atomic E-state index is 14.9. The van der Waals surface area contributed by atoms with Crippen LogP contribution in [0.25, 0.3) is 0 Å². The Labute approximate surface area is 244 Å². The van der Waals surface area contributed by atoms with Crippen LogP contribution in [0.1, 0.15) is 85.7 Å². The van der Waals surface area contributed by atoms with Gasteiger partial charge in [0.2, 0.25) is 11.8 Å². The average molecular weight is 619 g/mol. The third-order valence-corrected chi connectivity index (χ3v) is 9.26. The van der Waals surface area contributed by atoms with E-state index in [9.17, 15) is 41.1 Å². The van der Waals surface area contributed by atoms with Gasteiger partial charge in [0.15, 0.2) is 0 Å². The summed E-state index contributed by atoms with van der Waals surface area (Å²) >= 11 is -0.182. The number of alkyl halides is 5. The summed E-state index contributed by atoms with van der Waals surface area (Å²) in [7, 11) is 0. The van der Waals surface area contributed by atoms with E-state index >= 15 is 0 Å². The number of carbonyl (C=O) groups excluding carboxylic acids is 4. The van der Waals surface area contributed by atoms with E-state index in [2.05, 4.69) is 10.6 Å². The Kier molecular flexibility index (Phi) is 10.2. The molecule has 3 unspecified atom stereocenters. The van der Waals surface area contributed by atoms with Gasteiger partial charge in [-0.15, -0.1) is 0 Å². The first-order valence-corrected chi connectivity index (χ1v) is 15.0. The number of fused-ring (bicyclic) bond motifs is 1. The first-order chi connectivity index (χ1) is 19.7. The molecule has 2 heterocycles. The lowest BCUT2D eigenvalue weighted by Gasteiger charge is -2.29. The van der Waals surface area contributed by atoms with Gasteiger partial charge in [-0.3, -0.25) is 24.5 Å². The molecule has 1 aromatic rings. The summed E-state index contributed by atoms with van der Waals surface area (Å²) in [6, 6.07) is 1.79. The maximum absolute atomic E-state index is 14.9. The highest BCUT2D eigenvalue weighted by Crippen LogP contribution is 2.41. The third kappa shape index (κ3) is 8.00. The quantitative estimate of drug-likeness (QED) is 0.250. The van der Waals surface area contributed by atoms with Gasteiger partial charge in [0.1, 0.15) is 6.04 Å². The average Bonchev–Trinajstić information content (AvgIpc) is 3.25. The van der Waals surface area contributed by atoms with Crippen molar-refractivity contribution < 1.29 is 41.1 Å². The summed E-state index contributed by atoms with van der Waals surface area (Å²) < 4.78 is 69.1. The Bertz CT molecular complexity index is 1190. The van der Waals surface area contributed by atoms with Crippen LogP contribution in [0.4, 0.5) is 22.0 Å². The molecule has 1 saturated heterocycles. The highest BCUT2D eigenvalue weighted by molar-refractivity contribution is 8.00. The van der Waals surface area contributed by atoms with Gasteiger partial charge in [0, 0.05) is 30.3 Å². The van der Waals surface area contributed by atoms with Crippen molar-refractivity contribution >= 4 is 35.4 Å². The van der Waals surface area contributed by atoms with E-state index in [0.29, 0.717) is 16.7 Å². The zero-order valence-electron chi connectivity index (χ0n) is 23.0. The molecule has 0 aromatic heterocycles. The van der Waals surface area contributed by atoms with Gasteiger partial charge in [-0.25, -0.2) is 0 Å². The molecule has 3 atom stereocenters. The van der Waals surface area contributed by atoms with Crippen LogP contribution < -0.4 is 16.4 Å².